The number of aliphatic hydroxyl groups is 1. The van der Waals surface area contributed by atoms with Crippen LogP contribution in [-0.4, -0.2) is 11.2 Å². The van der Waals surface area contributed by atoms with Gasteiger partial charge in [0, 0.05) is 0 Å². The van der Waals surface area contributed by atoms with E-state index in [-0.39, 0.29) is 6.10 Å². The van der Waals surface area contributed by atoms with Crippen LogP contribution in [0, 0.1) is 18.8 Å². The molecular weight excluding hydrogens is 220 g/mol. The van der Waals surface area contributed by atoms with Crippen LogP contribution in [-0.2, 0) is 0 Å². The van der Waals surface area contributed by atoms with Crippen LogP contribution < -0.4 is 0 Å². The van der Waals surface area contributed by atoms with Gasteiger partial charge >= 0.3 is 0 Å². The van der Waals surface area contributed by atoms with E-state index in [9.17, 15) is 5.11 Å². The Morgan fingerprint density at radius 3 is 2.50 bits per heavy atom. The molecule has 0 bridgehead atoms. The Balaban J connectivity index is 2.42. The van der Waals surface area contributed by atoms with E-state index < -0.39 is 0 Å². The summed E-state index contributed by atoms with van der Waals surface area (Å²) in [7, 11) is 0. The van der Waals surface area contributed by atoms with Crippen molar-refractivity contribution in [1.29, 1.82) is 0 Å². The minimum absolute atomic E-state index is 0.327. The average Bonchev–Trinajstić information content (AvgIpc) is 2.33. The maximum atomic E-state index is 9.92. The third-order valence-corrected chi connectivity index (χ3v) is 3.61. The van der Waals surface area contributed by atoms with E-state index in [0.29, 0.717) is 11.8 Å². The van der Waals surface area contributed by atoms with E-state index in [4.69, 9.17) is 0 Å². The van der Waals surface area contributed by atoms with Crippen LogP contribution in [0.2, 0.25) is 0 Å². The fourth-order valence-electron chi connectivity index (χ4n) is 1.86. The van der Waals surface area contributed by atoms with E-state index in [1.807, 2.05) is 18.2 Å². The van der Waals surface area contributed by atoms with Crippen molar-refractivity contribution in [2.75, 3.05) is 0 Å². The molecule has 0 aliphatic rings. The van der Waals surface area contributed by atoms with Crippen molar-refractivity contribution >= 4 is 6.08 Å². The summed E-state index contributed by atoms with van der Waals surface area (Å²) >= 11 is 0. The molecule has 1 aromatic carbocycles. The Morgan fingerprint density at radius 2 is 1.89 bits per heavy atom. The zero-order valence-corrected chi connectivity index (χ0v) is 12.1. The summed E-state index contributed by atoms with van der Waals surface area (Å²) in [6, 6.07) is 8.31. The first kappa shape index (κ1) is 15.0. The van der Waals surface area contributed by atoms with E-state index in [0.717, 1.165) is 18.4 Å². The van der Waals surface area contributed by atoms with E-state index in [1.54, 1.807) is 0 Å². The highest BCUT2D eigenvalue weighted by molar-refractivity contribution is 5.50. The second-order valence-electron chi connectivity index (χ2n) is 5.64. The number of hydrogen-bond donors (Lipinski definition) is 1. The lowest BCUT2D eigenvalue weighted by Crippen LogP contribution is -2.09. The predicted octanol–water partition coefficient (Wildman–Crippen LogP) is 4.44. The van der Waals surface area contributed by atoms with Crippen LogP contribution in [0.1, 0.15) is 44.7 Å². The van der Waals surface area contributed by atoms with Crippen LogP contribution in [0.3, 0.4) is 0 Å². The topological polar surface area (TPSA) is 20.2 Å². The minimum atomic E-state index is -0.327. The molecule has 0 saturated carbocycles. The van der Waals surface area contributed by atoms with Crippen LogP contribution in [0.4, 0.5) is 0 Å². The van der Waals surface area contributed by atoms with Gasteiger partial charge in [0.05, 0.1) is 6.10 Å². The van der Waals surface area contributed by atoms with Crippen molar-refractivity contribution in [2.45, 2.75) is 46.6 Å². The monoisotopic (exact) mass is 246 g/mol. The molecule has 0 aliphatic heterocycles. The lowest BCUT2D eigenvalue weighted by Gasteiger charge is -2.16. The number of aryl methyl sites for hydroxylation is 1. The van der Waals surface area contributed by atoms with Gasteiger partial charge in [0.15, 0.2) is 0 Å². The highest BCUT2D eigenvalue weighted by atomic mass is 16.3. The molecule has 1 heteroatoms. The maximum absolute atomic E-state index is 9.92. The lowest BCUT2D eigenvalue weighted by atomic mass is 9.92. The molecule has 18 heavy (non-hydrogen) atoms. The molecule has 0 radical (unpaired) electrons. The first-order valence-electron chi connectivity index (χ1n) is 6.92. The highest BCUT2D eigenvalue weighted by Crippen LogP contribution is 2.17. The van der Waals surface area contributed by atoms with Gasteiger partial charge in [-0.1, -0.05) is 62.8 Å². The molecule has 0 amide bonds. The molecule has 0 aromatic heterocycles. The predicted molar refractivity (Wildman–Crippen MR) is 79.5 cm³/mol. The van der Waals surface area contributed by atoms with Crippen molar-refractivity contribution in [3.05, 3.63) is 41.5 Å². The summed E-state index contributed by atoms with van der Waals surface area (Å²) in [4.78, 5) is 0. The Labute approximate surface area is 112 Å². The molecular formula is C17H26O. The Bertz CT molecular complexity index is 379. The van der Waals surface area contributed by atoms with E-state index >= 15 is 0 Å². The largest absolute Gasteiger partial charge is 0.389 e. The first-order chi connectivity index (χ1) is 8.49. The number of hydrogen-bond acceptors (Lipinski definition) is 1. The molecule has 0 fully saturated rings. The summed E-state index contributed by atoms with van der Waals surface area (Å²) in [5.41, 5.74) is 2.41. The number of aliphatic hydroxyl groups excluding tert-OH is 1. The third-order valence-electron chi connectivity index (χ3n) is 3.61. The molecule has 2 atom stereocenters. The standard InChI is InChI=1S/C17H26O/c1-13(2)15(4)8-10-17(18)11-9-16-7-5-6-14(3)12-16/h5-7,9,11-13,15,17-18H,8,10H2,1-4H3/b11-9-. The van der Waals surface area contributed by atoms with Crippen molar-refractivity contribution < 1.29 is 5.11 Å². The summed E-state index contributed by atoms with van der Waals surface area (Å²) in [5.74, 6) is 1.37. The highest BCUT2D eigenvalue weighted by Gasteiger charge is 2.08. The number of benzene rings is 1. The van der Waals surface area contributed by atoms with Crippen LogP contribution in [0.25, 0.3) is 6.08 Å². The van der Waals surface area contributed by atoms with Gasteiger partial charge in [-0.15, -0.1) is 0 Å². The summed E-state index contributed by atoms with van der Waals surface area (Å²) in [5, 5.41) is 9.92. The van der Waals surface area contributed by atoms with Gasteiger partial charge in [-0.2, -0.15) is 0 Å². The average molecular weight is 246 g/mol. The zero-order valence-electron chi connectivity index (χ0n) is 12.1. The van der Waals surface area contributed by atoms with Gasteiger partial charge in [-0.3, -0.25) is 0 Å². The summed E-state index contributed by atoms with van der Waals surface area (Å²) < 4.78 is 0. The minimum Gasteiger partial charge on any atom is -0.389 e. The SMILES string of the molecule is Cc1cccc(/C=C\C(O)CCC(C)C(C)C)c1. The van der Waals surface area contributed by atoms with E-state index in [1.165, 1.54) is 5.56 Å². The third kappa shape index (κ3) is 5.50. The fourth-order valence-corrected chi connectivity index (χ4v) is 1.86. The second kappa shape index (κ2) is 7.38. The van der Waals surface area contributed by atoms with Gasteiger partial charge in [0.1, 0.15) is 0 Å². The van der Waals surface area contributed by atoms with Crippen LogP contribution in [0.15, 0.2) is 30.3 Å². The summed E-state index contributed by atoms with van der Waals surface area (Å²) in [6.45, 7) is 8.80. The Morgan fingerprint density at radius 1 is 1.17 bits per heavy atom. The maximum Gasteiger partial charge on any atom is 0.0724 e. The first-order valence-corrected chi connectivity index (χ1v) is 6.92. The van der Waals surface area contributed by atoms with E-state index in [2.05, 4.69) is 45.9 Å². The van der Waals surface area contributed by atoms with Gasteiger partial charge in [-0.05, 0) is 37.2 Å². The van der Waals surface area contributed by atoms with Crippen molar-refractivity contribution in [1.82, 2.24) is 0 Å². The lowest BCUT2D eigenvalue weighted by molar-refractivity contribution is 0.196. The molecule has 0 saturated heterocycles. The van der Waals surface area contributed by atoms with Gasteiger partial charge in [-0.25, -0.2) is 0 Å². The molecule has 100 valence electrons. The zero-order chi connectivity index (χ0) is 13.5. The van der Waals surface area contributed by atoms with Crippen molar-refractivity contribution in [3.8, 4) is 0 Å². The van der Waals surface area contributed by atoms with Gasteiger partial charge in [0.2, 0.25) is 0 Å². The Hall–Kier alpha value is -1.08. The van der Waals surface area contributed by atoms with Crippen LogP contribution in [0.5, 0.6) is 0 Å². The van der Waals surface area contributed by atoms with Crippen molar-refractivity contribution in [2.24, 2.45) is 11.8 Å². The quantitative estimate of drug-likeness (QED) is 0.786. The molecule has 0 spiro atoms. The van der Waals surface area contributed by atoms with Crippen LogP contribution >= 0.6 is 0 Å². The molecule has 1 aromatic rings. The van der Waals surface area contributed by atoms with Crippen molar-refractivity contribution in [3.63, 3.8) is 0 Å². The molecule has 1 rings (SSSR count). The second-order valence-corrected chi connectivity index (χ2v) is 5.64. The van der Waals surface area contributed by atoms with Gasteiger partial charge < -0.3 is 5.11 Å². The molecule has 2 unspecified atom stereocenters. The summed E-state index contributed by atoms with van der Waals surface area (Å²) in [6.07, 6.45) is 5.52. The smallest absolute Gasteiger partial charge is 0.0724 e. The fraction of sp³-hybridized carbons (Fsp3) is 0.529. The normalized spacial score (nSPS) is 15.2. The Kier molecular flexibility index (Phi) is 6.14. The molecule has 1 N–H and O–H groups in total. The molecule has 0 heterocycles. The molecule has 0 aliphatic carbocycles. The molecule has 1 nitrogen and oxygen atoms in total. The number of rotatable bonds is 6. The van der Waals surface area contributed by atoms with Gasteiger partial charge in [0.25, 0.3) is 0 Å².